The molecule has 1 aliphatic carbocycles. The fraction of sp³-hybridized carbons (Fsp3) is 0.101. The van der Waals surface area contributed by atoms with Crippen LogP contribution in [0.1, 0.15) is 58.4 Å². The maximum absolute atomic E-state index is 13.9. The van der Waals surface area contributed by atoms with Crippen LogP contribution in [0.2, 0.25) is 0 Å². The number of pyridine rings is 8. The standard InChI is InChI=1S/C31H26FN7O.C29H24FN7O.C25H17FN6.C24H16FN7/c32-22-8-4-7-20(11-22)25-16-34-17-27-28(25)37-30(36-27)29-24-13-19(9-10-26(24)38-39-29)21-12-23(15-33-14-21)35-31(40)18-5-2-1-3-6-18;1-29(2,3)28(38)33-20-10-18(12-31-13-20)17-6-9-23-21(11-17)26(37-36-23)27-34-24-15-32-14-22(25(24)35-27)16-4-7-19(30)8-5-16;1-14-8-9-27-11-19(14)16-4-7-21-18(10-16)24(32-31-21)25-29-22-13-28-12-20(23(22)30-25)15-2-5-17(26)6-3-15;25-16-4-1-13(2-5-16)19-11-28-12-21-22(19)30-24(29-21)23-18-8-14(3-6-20(18)31-32-23)15-7-17(26)10-27-9-15/h4,7-18H,1-3,5-6H2,(H,35,40)(H,36,37)(H,38,39);4-15H,1-3H3,(H,33,38)(H,34,35)(H,36,37);2-13H,1H3,(H,29,30)(H,31,32);1-12H,26H2,(H,29,30)(H,31,32). The lowest BCUT2D eigenvalue weighted by molar-refractivity contribution is -0.123. The molecule has 1 fully saturated rings. The molecule has 1 aliphatic rings. The number of nitrogens with zero attached hydrogens (tertiary/aromatic N) is 16. The highest BCUT2D eigenvalue weighted by molar-refractivity contribution is 6.05. The second-order valence-corrected chi connectivity index (χ2v) is 35.7. The number of aromatic nitrogens is 24. The van der Waals surface area contributed by atoms with Gasteiger partial charge in [-0.15, -0.1) is 0 Å². The quantitative estimate of drug-likeness (QED) is 0.0425. The average Bonchev–Trinajstić information content (AvgIpc) is 1.63. The van der Waals surface area contributed by atoms with Crippen molar-refractivity contribution in [2.24, 2.45) is 11.3 Å². The molecule has 694 valence electrons. The Balaban J connectivity index is 0.000000109. The molecule has 1 saturated carbocycles. The Morgan fingerprint density at radius 1 is 0.324 bits per heavy atom. The Hall–Kier alpha value is -18.8. The molecule has 0 aliphatic heterocycles. The molecule has 16 aromatic heterocycles. The topological polar surface area (TPSA) is 417 Å². The van der Waals surface area contributed by atoms with E-state index in [1.54, 1.807) is 135 Å². The number of nitrogen functional groups attached to an aromatic ring is 1. The van der Waals surface area contributed by atoms with Crippen molar-refractivity contribution in [1.82, 2.24) is 121 Å². The van der Waals surface area contributed by atoms with E-state index >= 15 is 0 Å². The summed E-state index contributed by atoms with van der Waals surface area (Å²) in [6, 6.07) is 57.2. The third kappa shape index (κ3) is 18.0. The lowest BCUT2D eigenvalue weighted by Crippen LogP contribution is -2.27. The Morgan fingerprint density at radius 2 is 0.669 bits per heavy atom. The van der Waals surface area contributed by atoms with E-state index in [9.17, 15) is 27.2 Å². The SMILES string of the molecule is CC(C)(C)C(=O)Nc1cncc(-c2ccc3[nH]nc(-c4nc5c(-c6ccc(F)cc6)cncc5[nH]4)c3c2)c1.Cc1ccncc1-c1ccc2[nH]nc(-c3nc4c(-c5ccc(F)cc5)cncc4[nH]3)c2c1.Nc1cncc(-c2ccc3[nH]nc(-c4nc5c(-c6ccc(F)cc6)cncc5[nH]4)c3c2)c1.O=C(Nc1cncc(-c2ccc3[nH]nc(-c4nc5c(-c6cccc(F)c6)cncc5[nH]4)c3c2)c1)C1CCCCC1. The molecule has 0 atom stereocenters. The fourth-order valence-electron chi connectivity index (χ4n) is 17.7. The van der Waals surface area contributed by atoms with Crippen molar-refractivity contribution < 1.29 is 27.2 Å². The van der Waals surface area contributed by atoms with Crippen LogP contribution in [0.3, 0.4) is 0 Å². The molecular formula is C109H83F4N27O2. The monoisotopic (exact) mass is 1880 g/mol. The molecule has 0 saturated heterocycles. The maximum Gasteiger partial charge on any atom is 0.229 e. The first-order valence-electron chi connectivity index (χ1n) is 45.7. The van der Waals surface area contributed by atoms with Gasteiger partial charge in [-0.3, -0.25) is 69.9 Å². The number of rotatable bonds is 15. The number of halogens is 4. The van der Waals surface area contributed by atoms with Crippen LogP contribution in [0.5, 0.6) is 0 Å². The van der Waals surface area contributed by atoms with Crippen molar-refractivity contribution >= 4 is 117 Å². The van der Waals surface area contributed by atoms with Crippen LogP contribution < -0.4 is 16.4 Å². The number of amides is 2. The molecule has 29 nitrogen and oxygen atoms in total. The molecule has 12 N–H and O–H groups in total. The predicted molar refractivity (Wildman–Crippen MR) is 543 cm³/mol. The first kappa shape index (κ1) is 88.5. The zero-order valence-electron chi connectivity index (χ0n) is 76.4. The lowest BCUT2D eigenvalue weighted by atomic mass is 9.88. The molecule has 0 bridgehead atoms. The highest BCUT2D eigenvalue weighted by Crippen LogP contribution is 2.41. The number of hydrogen-bond donors (Lipinski definition) is 11. The lowest BCUT2D eigenvalue weighted by Gasteiger charge is -2.20. The number of H-pyrrole nitrogens is 8. The van der Waals surface area contributed by atoms with Crippen molar-refractivity contribution in [1.29, 1.82) is 0 Å². The number of benzene rings is 8. The molecule has 2 amide bonds. The third-order valence-corrected chi connectivity index (χ3v) is 25.1. The van der Waals surface area contributed by atoms with E-state index in [1.807, 2.05) is 118 Å². The van der Waals surface area contributed by atoms with Crippen LogP contribution >= 0.6 is 0 Å². The normalized spacial score (nSPS) is 12.3. The molecular weight excluding hydrogens is 1800 g/mol. The van der Waals surface area contributed by atoms with Gasteiger partial charge in [-0.25, -0.2) is 37.5 Å². The summed E-state index contributed by atoms with van der Waals surface area (Å²) < 4.78 is 54.1. The summed E-state index contributed by atoms with van der Waals surface area (Å²) >= 11 is 0. The van der Waals surface area contributed by atoms with E-state index in [0.29, 0.717) is 68.5 Å². The van der Waals surface area contributed by atoms with Crippen LogP contribution in [-0.2, 0) is 9.59 Å². The van der Waals surface area contributed by atoms with Gasteiger partial charge in [0.05, 0.1) is 120 Å². The van der Waals surface area contributed by atoms with Crippen LogP contribution in [-0.4, -0.2) is 132 Å². The molecule has 16 heterocycles. The maximum atomic E-state index is 13.9. The summed E-state index contributed by atoms with van der Waals surface area (Å²) in [5, 5.41) is 40.1. The first-order valence-corrected chi connectivity index (χ1v) is 45.7. The number of nitrogens with two attached hydrogens (primary N) is 1. The Bertz CT molecular complexity index is 8930. The zero-order valence-corrected chi connectivity index (χ0v) is 76.4. The Kier molecular flexibility index (Phi) is 23.3. The number of imidazole rings is 4. The van der Waals surface area contributed by atoms with Gasteiger partial charge in [-0.2, -0.15) is 20.4 Å². The summed E-state index contributed by atoms with van der Waals surface area (Å²) in [6.45, 7) is 7.67. The van der Waals surface area contributed by atoms with Gasteiger partial charge in [0.25, 0.3) is 0 Å². The number of nitrogens with one attached hydrogen (secondary N) is 10. The summed E-state index contributed by atoms with van der Waals surface area (Å²) in [7, 11) is 0. The van der Waals surface area contributed by atoms with Crippen LogP contribution in [0.15, 0.2) is 293 Å². The molecule has 142 heavy (non-hydrogen) atoms. The van der Waals surface area contributed by atoms with Crippen LogP contribution in [0.4, 0.5) is 34.6 Å². The van der Waals surface area contributed by atoms with Gasteiger partial charge in [0.1, 0.15) is 46.0 Å². The number of hydrogen-bond acceptors (Lipinski definition) is 19. The van der Waals surface area contributed by atoms with Crippen LogP contribution in [0.25, 0.3) is 223 Å². The van der Waals surface area contributed by atoms with E-state index in [1.165, 1.54) is 55.0 Å². The third-order valence-electron chi connectivity index (χ3n) is 25.1. The highest BCUT2D eigenvalue weighted by atomic mass is 19.1. The predicted octanol–water partition coefficient (Wildman–Crippen LogP) is 23.9. The van der Waals surface area contributed by atoms with Crippen molar-refractivity contribution in [2.45, 2.75) is 59.8 Å². The first-order chi connectivity index (χ1) is 69.2. The average molecular weight is 1880 g/mol. The second kappa shape index (κ2) is 37.3. The largest absolute Gasteiger partial charge is 0.397 e. The highest BCUT2D eigenvalue weighted by Gasteiger charge is 2.27. The van der Waals surface area contributed by atoms with E-state index in [4.69, 9.17) is 25.7 Å². The Morgan fingerprint density at radius 3 is 1.06 bits per heavy atom. The van der Waals surface area contributed by atoms with E-state index in [2.05, 4.69) is 130 Å². The summed E-state index contributed by atoms with van der Waals surface area (Å²) in [4.78, 5) is 92.4. The fourth-order valence-corrected chi connectivity index (χ4v) is 17.7. The molecule has 0 unspecified atom stereocenters. The second-order valence-electron chi connectivity index (χ2n) is 35.7. The molecule has 8 aromatic carbocycles. The smallest absolute Gasteiger partial charge is 0.229 e. The van der Waals surface area contributed by atoms with E-state index in [0.717, 1.165) is 203 Å². The minimum atomic E-state index is -0.515. The van der Waals surface area contributed by atoms with Crippen molar-refractivity contribution in [3.8, 4) is 135 Å². The van der Waals surface area contributed by atoms with Gasteiger partial charge in [-0.05, 0) is 191 Å². The van der Waals surface area contributed by atoms with Crippen molar-refractivity contribution in [2.75, 3.05) is 16.4 Å². The van der Waals surface area contributed by atoms with Gasteiger partial charge >= 0.3 is 0 Å². The summed E-state index contributed by atoms with van der Waals surface area (Å²) in [5.74, 6) is 1.31. The molecule has 0 spiro atoms. The molecule has 24 aromatic rings. The van der Waals surface area contributed by atoms with Gasteiger partial charge in [-0.1, -0.05) is 113 Å². The van der Waals surface area contributed by atoms with Gasteiger partial charge in [0.2, 0.25) is 11.8 Å². The van der Waals surface area contributed by atoms with Gasteiger partial charge < -0.3 is 36.3 Å². The zero-order chi connectivity index (χ0) is 96.8. The molecule has 0 radical (unpaired) electrons. The molecule has 25 rings (SSSR count). The van der Waals surface area contributed by atoms with Gasteiger partial charge in [0, 0.05) is 139 Å². The Labute approximate surface area is 804 Å². The minimum Gasteiger partial charge on any atom is -0.397 e. The van der Waals surface area contributed by atoms with E-state index < -0.39 is 5.41 Å². The van der Waals surface area contributed by atoms with Gasteiger partial charge in [0.15, 0.2) is 23.3 Å². The van der Waals surface area contributed by atoms with Crippen molar-refractivity contribution in [3.05, 3.63) is 322 Å². The van der Waals surface area contributed by atoms with Crippen molar-refractivity contribution in [3.63, 3.8) is 0 Å². The number of aromatic amines is 8. The number of carbonyl (C=O) groups is 2. The number of carbonyl (C=O) groups excluding carboxylic acids is 2. The number of aryl methyl sites for hydroxylation is 1. The van der Waals surface area contributed by atoms with Crippen LogP contribution in [0, 0.1) is 41.5 Å². The number of fused-ring (bicyclic) bond motifs is 8. The number of anilines is 3. The summed E-state index contributed by atoms with van der Waals surface area (Å²) in [6.07, 6.45) is 33.0. The molecule has 33 heteroatoms. The summed E-state index contributed by atoms with van der Waals surface area (Å²) in [5.41, 5.74) is 34.7. The van der Waals surface area contributed by atoms with E-state index in [-0.39, 0.29) is 41.0 Å². The minimum absolute atomic E-state index is 0.0719.